The molecule has 1 aromatic rings. The maximum Gasteiger partial charge on any atom is 0.236 e. The van der Waals surface area contributed by atoms with Crippen molar-refractivity contribution in [3.63, 3.8) is 0 Å². The smallest absolute Gasteiger partial charge is 0.236 e. The van der Waals surface area contributed by atoms with Gasteiger partial charge in [0.2, 0.25) is 10.0 Å². The molecule has 6 nitrogen and oxygen atoms in total. The lowest BCUT2D eigenvalue weighted by atomic mass is 10.5. The SMILES string of the molecule is CCn1cc(NS(=O)(=O)C(C)CNC)cn1. The van der Waals surface area contributed by atoms with Crippen LogP contribution < -0.4 is 10.0 Å². The summed E-state index contributed by atoms with van der Waals surface area (Å²) in [6.07, 6.45) is 3.18. The van der Waals surface area contributed by atoms with Crippen LogP contribution in [0.25, 0.3) is 0 Å². The molecule has 0 fully saturated rings. The highest BCUT2D eigenvalue weighted by atomic mass is 32.2. The molecule has 2 N–H and O–H groups in total. The topological polar surface area (TPSA) is 76.0 Å². The highest BCUT2D eigenvalue weighted by molar-refractivity contribution is 7.93. The Bertz CT molecular complexity index is 426. The van der Waals surface area contributed by atoms with Gasteiger partial charge in [-0.2, -0.15) is 5.10 Å². The molecular formula is C9H18N4O2S. The number of nitrogens with one attached hydrogen (secondary N) is 2. The van der Waals surface area contributed by atoms with Gasteiger partial charge in [0, 0.05) is 19.3 Å². The zero-order valence-corrected chi connectivity index (χ0v) is 10.6. The first-order valence-corrected chi connectivity index (χ1v) is 6.73. The second-order valence-corrected chi connectivity index (χ2v) is 5.70. The van der Waals surface area contributed by atoms with Crippen molar-refractivity contribution in [1.82, 2.24) is 15.1 Å². The van der Waals surface area contributed by atoms with Crippen molar-refractivity contribution in [3.8, 4) is 0 Å². The van der Waals surface area contributed by atoms with Crippen LogP contribution in [0.2, 0.25) is 0 Å². The summed E-state index contributed by atoms with van der Waals surface area (Å²) >= 11 is 0. The minimum atomic E-state index is -3.34. The molecule has 0 bridgehead atoms. The quantitative estimate of drug-likeness (QED) is 0.754. The highest BCUT2D eigenvalue weighted by Gasteiger charge is 2.20. The molecule has 0 aliphatic heterocycles. The van der Waals surface area contributed by atoms with Crippen LogP contribution in [0.5, 0.6) is 0 Å². The van der Waals surface area contributed by atoms with Crippen LogP contribution in [0.3, 0.4) is 0 Å². The molecule has 1 rings (SSSR count). The van der Waals surface area contributed by atoms with Crippen molar-refractivity contribution in [2.75, 3.05) is 18.3 Å². The molecule has 0 aliphatic rings. The van der Waals surface area contributed by atoms with E-state index >= 15 is 0 Å². The Labute approximate surface area is 96.1 Å². The van der Waals surface area contributed by atoms with E-state index in [4.69, 9.17) is 0 Å². The molecule has 1 unspecified atom stereocenters. The second-order valence-electron chi connectivity index (χ2n) is 3.60. The maximum atomic E-state index is 11.8. The zero-order valence-electron chi connectivity index (χ0n) is 9.77. The molecule has 16 heavy (non-hydrogen) atoms. The number of sulfonamides is 1. The van der Waals surface area contributed by atoms with E-state index in [0.717, 1.165) is 0 Å². The van der Waals surface area contributed by atoms with Gasteiger partial charge in [0.05, 0.1) is 17.1 Å². The lowest BCUT2D eigenvalue weighted by Gasteiger charge is -2.12. The minimum Gasteiger partial charge on any atom is -0.318 e. The third-order valence-electron chi connectivity index (χ3n) is 2.24. The summed E-state index contributed by atoms with van der Waals surface area (Å²) < 4.78 is 27.8. The molecule has 0 saturated carbocycles. The highest BCUT2D eigenvalue weighted by Crippen LogP contribution is 2.10. The molecule has 1 atom stereocenters. The number of aryl methyl sites for hydroxylation is 1. The number of hydrogen-bond donors (Lipinski definition) is 2. The molecule has 0 aliphatic carbocycles. The van der Waals surface area contributed by atoms with Crippen molar-refractivity contribution in [2.45, 2.75) is 25.6 Å². The fourth-order valence-corrected chi connectivity index (χ4v) is 2.27. The van der Waals surface area contributed by atoms with Crippen LogP contribution in [-0.2, 0) is 16.6 Å². The van der Waals surface area contributed by atoms with E-state index in [1.807, 2.05) is 6.92 Å². The summed E-state index contributed by atoms with van der Waals surface area (Å²) in [6.45, 7) is 4.73. The normalized spacial score (nSPS) is 13.7. The minimum absolute atomic E-state index is 0.414. The monoisotopic (exact) mass is 246 g/mol. The Morgan fingerprint density at radius 1 is 1.56 bits per heavy atom. The number of aromatic nitrogens is 2. The van der Waals surface area contributed by atoms with Crippen molar-refractivity contribution in [2.24, 2.45) is 0 Å². The van der Waals surface area contributed by atoms with Gasteiger partial charge in [0.25, 0.3) is 0 Å². The summed E-state index contributed by atoms with van der Waals surface area (Å²) in [7, 11) is -1.61. The molecule has 92 valence electrons. The molecule has 0 radical (unpaired) electrons. The van der Waals surface area contributed by atoms with Gasteiger partial charge in [-0.1, -0.05) is 0 Å². The average molecular weight is 246 g/mol. The van der Waals surface area contributed by atoms with Crippen molar-refractivity contribution in [3.05, 3.63) is 12.4 Å². The fourth-order valence-electron chi connectivity index (χ4n) is 1.25. The van der Waals surface area contributed by atoms with Gasteiger partial charge >= 0.3 is 0 Å². The van der Waals surface area contributed by atoms with Gasteiger partial charge in [-0.25, -0.2) is 8.42 Å². The van der Waals surface area contributed by atoms with Crippen LogP contribution in [0, 0.1) is 0 Å². The third-order valence-corrected chi connectivity index (χ3v) is 3.98. The van der Waals surface area contributed by atoms with Crippen molar-refractivity contribution in [1.29, 1.82) is 0 Å². The molecule has 0 spiro atoms. The van der Waals surface area contributed by atoms with Crippen molar-refractivity contribution >= 4 is 15.7 Å². The van der Waals surface area contributed by atoms with Crippen LogP contribution in [-0.4, -0.2) is 37.0 Å². The first kappa shape index (κ1) is 13.0. The lowest BCUT2D eigenvalue weighted by Crippen LogP contribution is -2.33. The van der Waals surface area contributed by atoms with E-state index in [0.29, 0.717) is 18.8 Å². The largest absolute Gasteiger partial charge is 0.318 e. The van der Waals surface area contributed by atoms with Gasteiger partial charge in [0.1, 0.15) is 0 Å². The predicted molar refractivity (Wildman–Crippen MR) is 63.8 cm³/mol. The number of rotatable bonds is 6. The van der Waals surface area contributed by atoms with Gasteiger partial charge < -0.3 is 5.32 Å². The summed E-state index contributed by atoms with van der Waals surface area (Å²) in [5.41, 5.74) is 0.504. The summed E-state index contributed by atoms with van der Waals surface area (Å²) in [4.78, 5) is 0. The molecule has 7 heteroatoms. The molecule has 0 saturated heterocycles. The lowest BCUT2D eigenvalue weighted by molar-refractivity contribution is 0.583. The van der Waals surface area contributed by atoms with Gasteiger partial charge in [-0.15, -0.1) is 0 Å². The predicted octanol–water partition coefficient (Wildman–Crippen LogP) is 0.253. The number of hydrogen-bond acceptors (Lipinski definition) is 4. The number of nitrogens with zero attached hydrogens (tertiary/aromatic N) is 2. The Balaban J connectivity index is 2.72. The van der Waals surface area contributed by atoms with Crippen LogP contribution in [0.1, 0.15) is 13.8 Å². The summed E-state index contributed by atoms with van der Waals surface area (Å²) in [6, 6.07) is 0. The van der Waals surface area contributed by atoms with Crippen molar-refractivity contribution < 1.29 is 8.42 Å². The maximum absolute atomic E-state index is 11.8. The van der Waals surface area contributed by atoms with E-state index in [2.05, 4.69) is 15.1 Å². The van der Waals surface area contributed by atoms with E-state index in [1.54, 1.807) is 24.9 Å². The van der Waals surface area contributed by atoms with Gasteiger partial charge in [-0.05, 0) is 20.9 Å². The molecule has 1 aromatic heterocycles. The van der Waals surface area contributed by atoms with E-state index < -0.39 is 15.3 Å². The van der Waals surface area contributed by atoms with Crippen LogP contribution >= 0.6 is 0 Å². The average Bonchev–Trinajstić information content (AvgIpc) is 2.65. The second kappa shape index (κ2) is 5.31. The Morgan fingerprint density at radius 2 is 2.25 bits per heavy atom. The standard InChI is InChI=1S/C9H18N4O2S/c1-4-13-7-9(6-11-13)12-16(14,15)8(2)5-10-3/h6-8,10,12H,4-5H2,1-3H3. The van der Waals surface area contributed by atoms with Crippen LogP contribution in [0.15, 0.2) is 12.4 Å². The third kappa shape index (κ3) is 3.21. The molecule has 0 aromatic carbocycles. The Morgan fingerprint density at radius 3 is 2.75 bits per heavy atom. The van der Waals surface area contributed by atoms with E-state index in [-0.39, 0.29) is 0 Å². The first-order chi connectivity index (χ1) is 7.49. The first-order valence-electron chi connectivity index (χ1n) is 5.18. The number of anilines is 1. The van der Waals surface area contributed by atoms with E-state index in [1.165, 1.54) is 6.20 Å². The Hall–Kier alpha value is -1.08. The Kier molecular flexibility index (Phi) is 4.31. The molecule has 1 heterocycles. The van der Waals surface area contributed by atoms with Gasteiger partial charge in [0.15, 0.2) is 0 Å². The van der Waals surface area contributed by atoms with Crippen LogP contribution in [0.4, 0.5) is 5.69 Å². The summed E-state index contributed by atoms with van der Waals surface area (Å²) in [5.74, 6) is 0. The molecule has 0 amide bonds. The van der Waals surface area contributed by atoms with Gasteiger partial charge in [-0.3, -0.25) is 9.40 Å². The zero-order chi connectivity index (χ0) is 12.2. The summed E-state index contributed by atoms with van der Waals surface area (Å²) in [5, 5.41) is 6.35. The molecular weight excluding hydrogens is 228 g/mol. The fraction of sp³-hybridized carbons (Fsp3) is 0.667. The van der Waals surface area contributed by atoms with E-state index in [9.17, 15) is 8.42 Å².